The predicted octanol–water partition coefficient (Wildman–Crippen LogP) is 4.28. The van der Waals surface area contributed by atoms with Gasteiger partial charge in [-0.3, -0.25) is 46.9 Å². The topological polar surface area (TPSA) is 448 Å². The van der Waals surface area contributed by atoms with Gasteiger partial charge >= 0.3 is 31.8 Å². The zero-order chi connectivity index (χ0) is 64.9. The fourth-order valence-corrected chi connectivity index (χ4v) is 12.5. The Bertz CT molecular complexity index is 3440. The number of fused-ring (bicyclic) bond motifs is 4. The maximum atomic E-state index is 16.7. The molecule has 3 aliphatic rings. The molecule has 3 aliphatic heterocycles. The molecule has 0 unspecified atom stereocenters. The van der Waals surface area contributed by atoms with Gasteiger partial charge in [-0.05, 0) is 55.7 Å². The number of primary amides is 1. The van der Waals surface area contributed by atoms with Gasteiger partial charge in [0, 0.05) is 25.7 Å². The molecule has 8 rings (SSSR count). The first-order valence-electron chi connectivity index (χ1n) is 28.1. The van der Waals surface area contributed by atoms with Crippen molar-refractivity contribution in [3.05, 3.63) is 55.1 Å². The molecule has 7 amide bonds. The standard InChI is InChI=1S/C50H69F2N17O17P2S2/c1-26(2)35(65-32(70)10-5-4-8-17-80-55)45(72)64-29(9-6-7-15-56-48(54)73)44(71)63-28-13-11-27(12-14-28)19-79-50(75)67(3)16-18-78-49(74)66-41-37-43(60-23-58-41)69(25-62-37)47-34(52)39-31(84-47)21-82-87(76,89)85-38-30(20-81-88(77,90)86-39)83-46(33(38)51)68-24-61-36-40(53)57-22-59-42(36)68/h11-14,22-26,29-31,33-35,38-39,46-47H,4-10,15-21,55H2,1-3H3,(H,63,71)(H,64,72)(H,65,70)(H,76,89)(H,77,90)(H2,53,57,59)(H3,54,56,73)(H,58,60,66,74)/t29-,30+,31+,33+,34+,35-,38+,39+,46+,47+,87+,88+/m0/s1. The highest BCUT2D eigenvalue weighted by Crippen LogP contribution is 2.60. The Morgan fingerprint density at radius 3 is 1.99 bits per heavy atom. The second-order valence-corrected chi connectivity index (χ2v) is 26.8. The Kier molecular flexibility index (Phi) is 24.0. The normalized spacial score (nSPS) is 25.0. The van der Waals surface area contributed by atoms with E-state index in [-0.39, 0.29) is 84.9 Å². The molecule has 90 heavy (non-hydrogen) atoms. The molecule has 7 heterocycles. The van der Waals surface area contributed by atoms with Crippen LogP contribution in [-0.4, -0.2) is 175 Å². The van der Waals surface area contributed by atoms with Crippen molar-refractivity contribution in [1.82, 2.24) is 59.9 Å². The first-order valence-corrected chi connectivity index (χ1v) is 33.5. The molecule has 3 saturated heterocycles. The first kappa shape index (κ1) is 68.9. The number of anilines is 3. The van der Waals surface area contributed by atoms with E-state index >= 15 is 8.78 Å². The van der Waals surface area contributed by atoms with Crippen molar-refractivity contribution in [3.8, 4) is 0 Å². The summed E-state index contributed by atoms with van der Waals surface area (Å²) in [5, 5.41) is 13.2. The molecule has 40 heteroatoms. The Hall–Kier alpha value is -6.96. The van der Waals surface area contributed by atoms with E-state index in [2.05, 4.69) is 85.8 Å². The molecule has 4 aromatic heterocycles. The van der Waals surface area contributed by atoms with Crippen LogP contribution < -0.4 is 43.9 Å². The molecular weight excluding hydrogens is 1270 g/mol. The summed E-state index contributed by atoms with van der Waals surface area (Å²) in [6, 6.07) is 3.69. The summed E-state index contributed by atoms with van der Waals surface area (Å²) < 4.78 is 107. The van der Waals surface area contributed by atoms with Crippen LogP contribution in [0.15, 0.2) is 49.6 Å². The summed E-state index contributed by atoms with van der Waals surface area (Å²) in [5.41, 5.74) is 12.0. The Morgan fingerprint density at radius 2 is 1.38 bits per heavy atom. The molecule has 12 atom stereocenters. The van der Waals surface area contributed by atoms with Crippen molar-refractivity contribution in [2.24, 2.45) is 17.5 Å². The third-order valence-electron chi connectivity index (χ3n) is 14.2. The third kappa shape index (κ3) is 18.2. The van der Waals surface area contributed by atoms with E-state index in [0.29, 0.717) is 50.0 Å². The summed E-state index contributed by atoms with van der Waals surface area (Å²) in [6.45, 7) is -7.15. The number of nitrogens with zero attached hydrogens (tertiary/aromatic N) is 9. The number of alkyl halides is 2. The van der Waals surface area contributed by atoms with Crippen molar-refractivity contribution in [2.45, 2.75) is 127 Å². The molecule has 0 bridgehead atoms. The monoisotopic (exact) mass is 1340 g/mol. The van der Waals surface area contributed by atoms with Gasteiger partial charge in [-0.2, -0.15) is 0 Å². The van der Waals surface area contributed by atoms with Gasteiger partial charge in [-0.15, -0.1) is 0 Å². The van der Waals surface area contributed by atoms with Gasteiger partial charge in [0.1, 0.15) is 67.9 Å². The zero-order valence-corrected chi connectivity index (χ0v) is 52.2. The average Bonchev–Trinajstić information content (AvgIpc) is 1.63. The lowest BCUT2D eigenvalue weighted by atomic mass is 10.0. The highest BCUT2D eigenvalue weighted by Gasteiger charge is 2.54. The number of ether oxygens (including phenoxy) is 4. The number of rotatable bonds is 25. The number of aromatic nitrogens is 8. The quantitative estimate of drug-likeness (QED) is 0.0169. The summed E-state index contributed by atoms with van der Waals surface area (Å²) in [6.07, 6.45) is -8.17. The van der Waals surface area contributed by atoms with E-state index < -0.39 is 118 Å². The number of unbranched alkanes of at least 4 members (excludes halogenated alkanes) is 3. The lowest BCUT2D eigenvalue weighted by Gasteiger charge is -2.28. The predicted molar refractivity (Wildman–Crippen MR) is 319 cm³/mol. The fourth-order valence-electron chi connectivity index (χ4n) is 9.56. The number of carbonyl (C=O) groups excluding carboxylic acids is 6. The van der Waals surface area contributed by atoms with Crippen LogP contribution in [0.4, 0.5) is 40.5 Å². The minimum Gasteiger partial charge on any atom is -0.447 e. The number of carbonyl (C=O) groups is 6. The number of urea groups is 1. The number of thiol groups is 2. The van der Waals surface area contributed by atoms with Crippen LogP contribution in [0.1, 0.15) is 76.8 Å². The summed E-state index contributed by atoms with van der Waals surface area (Å²) >= 11 is 8.10. The maximum Gasteiger partial charge on any atom is 0.412 e. The molecule has 1 aromatic carbocycles. The minimum atomic E-state index is -4.57. The largest absolute Gasteiger partial charge is 0.447 e. The molecule has 0 radical (unpaired) electrons. The summed E-state index contributed by atoms with van der Waals surface area (Å²) in [5.74, 6) is 3.15. The van der Waals surface area contributed by atoms with Crippen LogP contribution in [-0.2, 0) is 72.0 Å². The van der Waals surface area contributed by atoms with E-state index in [0.717, 1.165) is 28.4 Å². The molecule has 3 fully saturated rings. The molecule has 5 aromatic rings. The molecule has 34 nitrogen and oxygen atoms in total. The Balaban J connectivity index is 0.803. The fraction of sp³-hybridized carbons (Fsp3) is 0.560. The Morgan fingerprint density at radius 1 is 0.767 bits per heavy atom. The summed E-state index contributed by atoms with van der Waals surface area (Å²) in [4.78, 5) is 107. The zero-order valence-electron chi connectivity index (χ0n) is 48.6. The highest BCUT2D eigenvalue weighted by atomic mass is 32.7. The number of imidazole rings is 2. The number of benzene rings is 1. The number of amides is 7. The van der Waals surface area contributed by atoms with Crippen LogP contribution in [0, 0.1) is 5.92 Å². The second-order valence-electron chi connectivity index (χ2n) is 21.1. The van der Waals surface area contributed by atoms with Gasteiger partial charge in [-0.1, -0.05) is 56.9 Å². The van der Waals surface area contributed by atoms with E-state index in [1.165, 1.54) is 17.9 Å². The van der Waals surface area contributed by atoms with Crippen molar-refractivity contribution < 1.29 is 88.6 Å². The van der Waals surface area contributed by atoms with Crippen LogP contribution >= 0.6 is 38.1 Å². The Labute approximate surface area is 522 Å². The third-order valence-corrected chi connectivity index (χ3v) is 17.4. The van der Waals surface area contributed by atoms with Gasteiger partial charge < -0.3 is 61.4 Å². The van der Waals surface area contributed by atoms with Gasteiger partial charge in [0.25, 0.3) is 0 Å². The number of halogens is 2. The molecule has 11 N–H and O–H groups in total. The van der Waals surface area contributed by atoms with Gasteiger partial charge in [0.15, 0.2) is 53.2 Å². The van der Waals surface area contributed by atoms with E-state index in [1.54, 1.807) is 38.1 Å². The number of hydrogen-bond acceptors (Lipinski definition) is 25. The lowest BCUT2D eigenvalue weighted by Crippen LogP contribution is -2.54. The molecular formula is C50H69F2N17O17P2S2. The number of likely N-dealkylation sites (N-methyl/N-ethyl adjacent to an activating group) is 1. The number of nitrogens with two attached hydrogens (primary N) is 3. The van der Waals surface area contributed by atoms with Gasteiger partial charge in [0.2, 0.25) is 17.7 Å². The van der Waals surface area contributed by atoms with Gasteiger partial charge in [-0.25, -0.2) is 68.1 Å². The van der Waals surface area contributed by atoms with E-state index in [4.69, 9.17) is 54.4 Å². The van der Waals surface area contributed by atoms with Crippen molar-refractivity contribution in [3.63, 3.8) is 0 Å². The minimum absolute atomic E-state index is 0.00623. The van der Waals surface area contributed by atoms with E-state index in [1.807, 2.05) is 0 Å². The smallest absolute Gasteiger partial charge is 0.412 e. The van der Waals surface area contributed by atoms with Crippen LogP contribution in [0.25, 0.3) is 22.3 Å². The van der Waals surface area contributed by atoms with Gasteiger partial charge in [0.05, 0.1) is 39.0 Å². The second kappa shape index (κ2) is 31.4. The number of nitrogens with one attached hydrogen (secondary N) is 5. The number of hydrogen-bond donors (Lipinski definition) is 10. The van der Waals surface area contributed by atoms with Crippen LogP contribution in [0.5, 0.6) is 0 Å². The lowest BCUT2D eigenvalue weighted by molar-refractivity contribution is -0.132. The van der Waals surface area contributed by atoms with Crippen LogP contribution in [0.2, 0.25) is 0 Å². The summed E-state index contributed by atoms with van der Waals surface area (Å²) in [7, 11) is 1.40. The first-order chi connectivity index (χ1) is 42.9. The molecule has 492 valence electrons. The van der Waals surface area contributed by atoms with Crippen molar-refractivity contribution >= 4 is 114 Å². The molecule has 0 spiro atoms. The van der Waals surface area contributed by atoms with Crippen LogP contribution in [0.3, 0.4) is 0 Å². The SMILES string of the molecule is CC(C)[C@H](NC(=O)CCCCCON)C(=O)N[C@@H](CCCCNC(N)=O)C(=O)Nc1ccc(COC(=O)N(C)CCOC(=O)Nc2ncnc3c2ncn3[C@@H]2O[C@@H]3CO[P@@](=O)(S)O[C@H]4[C@@H](F)[C@H](n5cnc6c(N)ncnc65)O[C@@H]4CO[P@@](=O)(S)O[C@H]3[C@H]2F)cc1. The maximum absolute atomic E-state index is 16.7. The average molecular weight is 1340 g/mol. The van der Waals surface area contributed by atoms with Crippen molar-refractivity contribution in [1.29, 1.82) is 0 Å². The molecule has 0 saturated carbocycles. The molecule has 0 aliphatic carbocycles. The van der Waals surface area contributed by atoms with Crippen molar-refractivity contribution in [2.75, 3.05) is 62.9 Å². The number of nitrogen functional groups attached to an aromatic ring is 1. The van der Waals surface area contributed by atoms with E-state index in [9.17, 15) is 37.9 Å². The highest BCUT2D eigenvalue weighted by molar-refractivity contribution is 8.44.